The minimum atomic E-state index is -3.32. The Kier molecular flexibility index (Phi) is 9.35. The van der Waals surface area contributed by atoms with Gasteiger partial charge in [-0.25, -0.2) is 4.39 Å². The topological polar surface area (TPSA) is 52.7 Å². The molecule has 3 rings (SSSR count). The van der Waals surface area contributed by atoms with Crippen LogP contribution < -0.4 is 4.72 Å². The van der Waals surface area contributed by atoms with Crippen LogP contribution in [0, 0.1) is 17.7 Å². The number of benzene rings is 1. The fourth-order valence-corrected chi connectivity index (χ4v) is 6.19. The number of hydrogen-bond donors (Lipinski definition) is 1. The van der Waals surface area contributed by atoms with Crippen molar-refractivity contribution in [3.63, 3.8) is 0 Å². The average molecular weight is 519 g/mol. The molecular weight excluding hydrogens is 481 g/mol. The summed E-state index contributed by atoms with van der Waals surface area (Å²) in [4.78, 5) is 2.58. The molecule has 0 spiro atoms. The summed E-state index contributed by atoms with van der Waals surface area (Å²) < 4.78 is 42.6. The molecule has 176 valence electrons. The zero-order valence-corrected chi connectivity index (χ0v) is 21.2. The molecule has 1 aliphatic heterocycles. The van der Waals surface area contributed by atoms with E-state index in [0.29, 0.717) is 5.92 Å². The molecule has 0 radical (unpaired) electrons. The van der Waals surface area contributed by atoms with Crippen LogP contribution in [-0.4, -0.2) is 57.4 Å². The monoisotopic (exact) mass is 517 g/mol. The molecule has 1 aromatic carbocycles. The smallest absolute Gasteiger partial charge is 0.279 e. The lowest BCUT2D eigenvalue weighted by Gasteiger charge is -2.33. The van der Waals surface area contributed by atoms with E-state index in [-0.39, 0.29) is 11.9 Å². The Morgan fingerprint density at radius 2 is 1.77 bits per heavy atom. The van der Waals surface area contributed by atoms with Crippen LogP contribution in [0.5, 0.6) is 0 Å². The van der Waals surface area contributed by atoms with Crippen molar-refractivity contribution in [3.8, 4) is 0 Å². The molecule has 2 fully saturated rings. The number of likely N-dealkylation sites (tertiary alicyclic amines) is 1. The predicted octanol–water partition coefficient (Wildman–Crippen LogP) is 4.58. The second kappa shape index (κ2) is 11.5. The van der Waals surface area contributed by atoms with Crippen LogP contribution in [0.4, 0.5) is 4.39 Å². The largest absolute Gasteiger partial charge is 0.303 e. The summed E-state index contributed by atoms with van der Waals surface area (Å²) in [7, 11) is -0.187. The van der Waals surface area contributed by atoms with E-state index in [1.807, 2.05) is 6.07 Å². The number of hydrogen-bond acceptors (Lipinski definition) is 3. The molecule has 1 heterocycles. The van der Waals surface area contributed by atoms with E-state index in [1.165, 1.54) is 36.1 Å². The first kappa shape index (κ1) is 25.1. The van der Waals surface area contributed by atoms with Crippen molar-refractivity contribution < 1.29 is 12.8 Å². The van der Waals surface area contributed by atoms with Gasteiger partial charge in [-0.15, -0.1) is 0 Å². The van der Waals surface area contributed by atoms with Crippen molar-refractivity contribution in [2.24, 2.45) is 11.8 Å². The Hall–Kier alpha value is -0.540. The van der Waals surface area contributed by atoms with Crippen LogP contribution in [0.15, 0.2) is 22.7 Å². The van der Waals surface area contributed by atoms with Gasteiger partial charge in [-0.1, -0.05) is 15.9 Å². The molecule has 0 unspecified atom stereocenters. The molecule has 1 saturated heterocycles. The number of nitrogens with zero attached hydrogens (tertiary/aromatic N) is 2. The molecule has 2 aliphatic rings. The number of rotatable bonds is 9. The Bertz CT molecular complexity index is 805. The summed E-state index contributed by atoms with van der Waals surface area (Å²) in [5.74, 6) is 1.21. The standard InChI is InChI=1S/C23H37BrFN3O2S/c1-27(2)31(29,30)26-22-8-5-18(6-9-22)4-3-13-28-14-11-19(12-15-28)16-20-17-21(25)7-10-23(20)24/h7,10,17-19,22,26H,3-6,8-9,11-16H2,1-2H3/t18-,22-. The summed E-state index contributed by atoms with van der Waals surface area (Å²) in [6, 6.07) is 5.06. The van der Waals surface area contributed by atoms with Crippen LogP contribution in [0.3, 0.4) is 0 Å². The van der Waals surface area contributed by atoms with Gasteiger partial charge in [0.15, 0.2) is 0 Å². The van der Waals surface area contributed by atoms with Gasteiger partial charge in [0.1, 0.15) is 5.82 Å². The second-order valence-electron chi connectivity index (χ2n) is 9.49. The molecule has 8 heteroatoms. The van der Waals surface area contributed by atoms with Crippen LogP contribution >= 0.6 is 15.9 Å². The Labute approximate surface area is 196 Å². The lowest BCUT2D eigenvalue weighted by Crippen LogP contribution is -2.43. The van der Waals surface area contributed by atoms with Crippen molar-refractivity contribution in [1.29, 1.82) is 0 Å². The zero-order valence-electron chi connectivity index (χ0n) is 18.8. The molecule has 1 N–H and O–H groups in total. The Morgan fingerprint density at radius 3 is 2.42 bits per heavy atom. The maximum absolute atomic E-state index is 13.5. The highest BCUT2D eigenvalue weighted by Gasteiger charge is 2.26. The summed E-state index contributed by atoms with van der Waals surface area (Å²) in [5, 5.41) is 0. The minimum Gasteiger partial charge on any atom is -0.303 e. The molecule has 0 aromatic heterocycles. The molecule has 5 nitrogen and oxygen atoms in total. The van der Waals surface area contributed by atoms with Crippen molar-refractivity contribution in [3.05, 3.63) is 34.1 Å². The maximum Gasteiger partial charge on any atom is 0.279 e. The SMILES string of the molecule is CN(C)S(=O)(=O)N[C@H]1CC[C@H](CCCN2CCC(Cc3cc(F)ccc3Br)CC2)CC1. The van der Waals surface area contributed by atoms with Crippen LogP contribution in [0.25, 0.3) is 0 Å². The van der Waals surface area contributed by atoms with Gasteiger partial charge in [0.25, 0.3) is 10.2 Å². The number of nitrogens with one attached hydrogen (secondary N) is 1. The van der Waals surface area contributed by atoms with E-state index in [9.17, 15) is 12.8 Å². The zero-order chi connectivity index (χ0) is 22.4. The van der Waals surface area contributed by atoms with Gasteiger partial charge in [0, 0.05) is 24.6 Å². The van der Waals surface area contributed by atoms with Gasteiger partial charge in [-0.3, -0.25) is 0 Å². The quantitative estimate of drug-likeness (QED) is 0.521. The maximum atomic E-state index is 13.5. The molecule has 0 amide bonds. The summed E-state index contributed by atoms with van der Waals surface area (Å²) in [5.41, 5.74) is 1.09. The van der Waals surface area contributed by atoms with Crippen molar-refractivity contribution in [1.82, 2.24) is 13.9 Å². The van der Waals surface area contributed by atoms with Crippen LogP contribution in [0.2, 0.25) is 0 Å². The molecule has 0 bridgehead atoms. The predicted molar refractivity (Wildman–Crippen MR) is 128 cm³/mol. The minimum absolute atomic E-state index is 0.0841. The summed E-state index contributed by atoms with van der Waals surface area (Å²) in [6.45, 7) is 3.43. The van der Waals surface area contributed by atoms with Crippen molar-refractivity contribution in [2.45, 2.75) is 63.8 Å². The Balaban J connectivity index is 1.30. The third-order valence-corrected chi connectivity index (χ3v) is 9.32. The van der Waals surface area contributed by atoms with E-state index in [1.54, 1.807) is 20.2 Å². The molecular formula is C23H37BrFN3O2S. The van der Waals surface area contributed by atoms with Gasteiger partial charge in [-0.05, 0) is 113 Å². The highest BCUT2D eigenvalue weighted by Crippen LogP contribution is 2.30. The first-order valence-corrected chi connectivity index (χ1v) is 13.8. The van der Waals surface area contributed by atoms with Crippen molar-refractivity contribution in [2.75, 3.05) is 33.7 Å². The normalized spacial score (nSPS) is 24.0. The van der Waals surface area contributed by atoms with E-state index >= 15 is 0 Å². The summed E-state index contributed by atoms with van der Waals surface area (Å²) >= 11 is 3.55. The van der Waals surface area contributed by atoms with E-state index in [2.05, 4.69) is 25.6 Å². The van der Waals surface area contributed by atoms with Crippen molar-refractivity contribution >= 4 is 26.1 Å². The van der Waals surface area contributed by atoms with E-state index in [0.717, 1.165) is 67.7 Å². The highest BCUT2D eigenvalue weighted by atomic mass is 79.9. The van der Waals surface area contributed by atoms with Crippen LogP contribution in [-0.2, 0) is 16.6 Å². The fourth-order valence-electron chi connectivity index (χ4n) is 4.91. The van der Waals surface area contributed by atoms with Gasteiger partial charge < -0.3 is 4.90 Å². The first-order chi connectivity index (χ1) is 14.7. The fraction of sp³-hybridized carbons (Fsp3) is 0.739. The van der Waals surface area contributed by atoms with Gasteiger partial charge in [0.2, 0.25) is 0 Å². The first-order valence-electron chi connectivity index (χ1n) is 11.6. The van der Waals surface area contributed by atoms with Gasteiger partial charge in [0.05, 0.1) is 0 Å². The molecule has 1 aliphatic carbocycles. The number of halogens is 2. The molecule has 1 saturated carbocycles. The van der Waals surface area contributed by atoms with Crippen LogP contribution in [0.1, 0.15) is 56.9 Å². The van der Waals surface area contributed by atoms with E-state index < -0.39 is 10.2 Å². The lowest BCUT2D eigenvalue weighted by molar-refractivity contribution is 0.174. The Morgan fingerprint density at radius 1 is 1.10 bits per heavy atom. The third-order valence-electron chi connectivity index (χ3n) is 6.95. The van der Waals surface area contributed by atoms with Gasteiger partial charge >= 0.3 is 0 Å². The third kappa shape index (κ3) is 7.77. The molecule has 1 aromatic rings. The summed E-state index contributed by atoms with van der Waals surface area (Å²) in [6.07, 6.45) is 9.89. The van der Waals surface area contributed by atoms with Gasteiger partial charge in [-0.2, -0.15) is 17.4 Å². The molecule has 0 atom stereocenters. The average Bonchev–Trinajstić information content (AvgIpc) is 2.73. The van der Waals surface area contributed by atoms with E-state index in [4.69, 9.17) is 0 Å². The highest BCUT2D eigenvalue weighted by molar-refractivity contribution is 9.10. The molecule has 31 heavy (non-hydrogen) atoms. The second-order valence-corrected chi connectivity index (χ2v) is 12.3. The lowest BCUT2D eigenvalue weighted by atomic mass is 9.83. The number of piperidine rings is 1.